The maximum Gasteiger partial charge on any atom is 0.250 e. The first-order valence-electron chi connectivity index (χ1n) is 30.4. The molecule has 528 valence electrons. The van der Waals surface area contributed by atoms with E-state index in [0.717, 1.165) is 22.3 Å². The predicted octanol–water partition coefficient (Wildman–Crippen LogP) is 14.9. The second kappa shape index (κ2) is 32.6. The summed E-state index contributed by atoms with van der Waals surface area (Å²) in [5.41, 5.74) is 6.19. The molecule has 0 saturated carbocycles. The zero-order chi connectivity index (χ0) is 70.1. The third-order valence-electron chi connectivity index (χ3n) is 17.1. The highest BCUT2D eigenvalue weighted by atomic mass is 28.4. The quantitative estimate of drug-likeness (QED) is 0.0718. The Balaban J connectivity index is 0.000000262. The molecule has 1 unspecified atom stereocenters. The summed E-state index contributed by atoms with van der Waals surface area (Å²) in [7, 11) is 14.2. The minimum Gasteiger partial charge on any atom is -0.541 e. The molecule has 3 aliphatic rings. The molecule has 0 fully saturated rings. The SMILES string of the molecule is C.C.COc1ccc(C2=CC(=O)COc3c2cc(OC)c(OC)c3OC)cc1O.COc1ccc(C2=CC(=O)COc3c2cc(OC)c(OC)c3OC)cc1O[Si](C)(C)C(C)(C)C.COc1ccc(C2=CC(O)COc3c2cc(OC)c(OC)c3OC)cc1O[Si](C)(C)C(C)(C)C. The number of methoxy groups -OCH3 is 12. The van der Waals surface area contributed by atoms with E-state index in [4.69, 9.17) is 79.9 Å². The summed E-state index contributed by atoms with van der Waals surface area (Å²) in [6.07, 6.45) is 4.00. The lowest BCUT2D eigenvalue weighted by Crippen LogP contribution is -2.43. The van der Waals surface area contributed by atoms with Crippen LogP contribution in [0.5, 0.6) is 103 Å². The molecule has 6 aromatic rings. The van der Waals surface area contributed by atoms with E-state index < -0.39 is 22.7 Å². The molecule has 2 N–H and O–H groups in total. The molecule has 21 nitrogen and oxygen atoms in total. The molecule has 0 saturated heterocycles. The molecule has 0 aliphatic carbocycles. The molecule has 3 heterocycles. The number of phenolic OH excluding ortho intramolecular Hbond substituents is 1. The molecule has 1 atom stereocenters. The molecule has 6 aromatic carbocycles. The fourth-order valence-corrected chi connectivity index (χ4v) is 12.1. The molecule has 0 spiro atoms. The Morgan fingerprint density at radius 2 is 0.701 bits per heavy atom. The van der Waals surface area contributed by atoms with Crippen LogP contribution in [0.25, 0.3) is 16.7 Å². The first-order chi connectivity index (χ1) is 45.0. The fraction of sp³-hybridized carbons (Fsp3) is 0.405. The van der Waals surface area contributed by atoms with Gasteiger partial charge in [0.25, 0.3) is 16.6 Å². The Labute approximate surface area is 573 Å². The van der Waals surface area contributed by atoms with Crippen molar-refractivity contribution in [3.8, 4) is 103 Å². The number of carbonyl (C=O) groups excluding carboxylic acids is 2. The number of aliphatic hydroxyl groups excluding tert-OH is 1. The number of hydrogen-bond donors (Lipinski definition) is 2. The Kier molecular flexibility index (Phi) is 26.3. The van der Waals surface area contributed by atoms with E-state index in [1.165, 1.54) is 54.8 Å². The van der Waals surface area contributed by atoms with Crippen LogP contribution < -0.4 is 79.9 Å². The van der Waals surface area contributed by atoms with Crippen molar-refractivity contribution in [2.45, 2.75) is 98.8 Å². The van der Waals surface area contributed by atoms with Gasteiger partial charge in [0.05, 0.1) is 85.3 Å². The van der Waals surface area contributed by atoms with Gasteiger partial charge in [-0.3, -0.25) is 9.59 Å². The normalized spacial score (nSPS) is 14.1. The summed E-state index contributed by atoms with van der Waals surface area (Å²) >= 11 is 0. The Bertz CT molecular complexity index is 3890. The first kappa shape index (κ1) is 78.4. The zero-order valence-electron chi connectivity index (χ0n) is 58.5. The fourth-order valence-electron chi connectivity index (χ4n) is 10.1. The number of rotatable bonds is 19. The van der Waals surface area contributed by atoms with E-state index in [1.54, 1.807) is 79.1 Å². The molecule has 23 heteroatoms. The highest BCUT2D eigenvalue weighted by Gasteiger charge is 2.41. The summed E-state index contributed by atoms with van der Waals surface area (Å²) < 4.78 is 96.7. The molecule has 97 heavy (non-hydrogen) atoms. The second-order valence-electron chi connectivity index (χ2n) is 25.0. The van der Waals surface area contributed by atoms with Crippen LogP contribution in [0, 0.1) is 0 Å². The molecular formula is C74H98O21Si2. The Hall–Kier alpha value is -9.33. The Morgan fingerprint density at radius 1 is 0.392 bits per heavy atom. The van der Waals surface area contributed by atoms with Crippen molar-refractivity contribution in [1.82, 2.24) is 0 Å². The van der Waals surface area contributed by atoms with Gasteiger partial charge in [0.15, 0.2) is 82.3 Å². The average Bonchev–Trinajstić information content (AvgIpc) is 1.77. The molecule has 0 amide bonds. The monoisotopic (exact) mass is 1380 g/mol. The van der Waals surface area contributed by atoms with Crippen molar-refractivity contribution >= 4 is 44.9 Å². The van der Waals surface area contributed by atoms with Gasteiger partial charge in [-0.15, -0.1) is 0 Å². The lowest BCUT2D eigenvalue weighted by Gasteiger charge is -2.37. The second-order valence-corrected chi connectivity index (χ2v) is 34.4. The van der Waals surface area contributed by atoms with Gasteiger partial charge >= 0.3 is 0 Å². The standard InChI is InChI=1S/C26H36O7Si.C26H34O7Si.C20H20O7.2CH4/c2*1-26(2,3)34(8,9)33-21-12-16(10-11-20(21)28-4)18-13-17(27)15-32-23-19(18)14-22(29-5)24(30-6)25(23)31-7;1-23-16-6-5-11(7-15(16)22)13-8-12(21)10-27-18-14(13)9-17(24-2)19(25-3)20(18)26-4;;/h10-14,17,27H,15H2,1-9H3;10-14H,15H2,1-9H3;5-9,22H,10H2,1-4H3;2*1H4. The highest BCUT2D eigenvalue weighted by molar-refractivity contribution is 6.75. The lowest BCUT2D eigenvalue weighted by molar-refractivity contribution is -0.117. The summed E-state index contributed by atoms with van der Waals surface area (Å²) in [5.74, 6) is 7.42. The minimum absolute atomic E-state index is 0. The number of ketones is 2. The van der Waals surface area contributed by atoms with Gasteiger partial charge in [0.2, 0.25) is 34.5 Å². The number of aromatic hydroxyl groups is 1. The van der Waals surface area contributed by atoms with Crippen molar-refractivity contribution in [2.24, 2.45) is 0 Å². The topological polar surface area (TPSA) is 232 Å². The van der Waals surface area contributed by atoms with Gasteiger partial charge in [0.1, 0.15) is 24.2 Å². The zero-order valence-corrected chi connectivity index (χ0v) is 60.5. The van der Waals surface area contributed by atoms with Crippen LogP contribution in [-0.4, -0.2) is 150 Å². The molecule has 0 radical (unpaired) electrons. The van der Waals surface area contributed by atoms with Crippen LogP contribution in [-0.2, 0) is 9.59 Å². The van der Waals surface area contributed by atoms with Crippen LogP contribution in [0.4, 0.5) is 0 Å². The van der Waals surface area contributed by atoms with E-state index in [1.807, 2.05) is 42.5 Å². The van der Waals surface area contributed by atoms with Crippen molar-refractivity contribution in [3.05, 3.63) is 124 Å². The van der Waals surface area contributed by atoms with E-state index >= 15 is 0 Å². The van der Waals surface area contributed by atoms with Gasteiger partial charge in [-0.05, 0) is 142 Å². The molecule has 0 aromatic heterocycles. The number of phenols is 1. The van der Waals surface area contributed by atoms with Crippen LogP contribution >= 0.6 is 0 Å². The summed E-state index contributed by atoms with van der Waals surface area (Å²) in [4.78, 5) is 24.9. The van der Waals surface area contributed by atoms with Crippen LogP contribution in [0.2, 0.25) is 36.3 Å². The van der Waals surface area contributed by atoms with Gasteiger partial charge in [-0.25, -0.2) is 0 Å². The Morgan fingerprint density at radius 3 is 1.02 bits per heavy atom. The van der Waals surface area contributed by atoms with E-state index in [2.05, 4.69) is 67.7 Å². The van der Waals surface area contributed by atoms with E-state index in [9.17, 15) is 19.8 Å². The van der Waals surface area contributed by atoms with Gasteiger partial charge in [0, 0.05) is 16.7 Å². The first-order valence-corrected chi connectivity index (χ1v) is 36.2. The number of hydrogen-bond acceptors (Lipinski definition) is 21. The molecule has 9 rings (SSSR count). The third kappa shape index (κ3) is 16.7. The summed E-state index contributed by atoms with van der Waals surface area (Å²) in [5, 5.41) is 20.8. The number of ether oxygens (including phenoxy) is 15. The summed E-state index contributed by atoms with van der Waals surface area (Å²) in [6.45, 7) is 21.7. The smallest absolute Gasteiger partial charge is 0.250 e. The van der Waals surface area contributed by atoms with Crippen molar-refractivity contribution < 1.29 is 99.7 Å². The molecule has 3 aliphatic heterocycles. The van der Waals surface area contributed by atoms with Crippen LogP contribution in [0.3, 0.4) is 0 Å². The largest absolute Gasteiger partial charge is 0.541 e. The number of fused-ring (bicyclic) bond motifs is 3. The van der Waals surface area contributed by atoms with Crippen molar-refractivity contribution in [2.75, 3.05) is 105 Å². The molecular weight excluding hydrogens is 1280 g/mol. The number of benzene rings is 6. The number of aliphatic hydroxyl groups is 1. The third-order valence-corrected chi connectivity index (χ3v) is 25.8. The average molecular weight is 1380 g/mol. The molecule has 0 bridgehead atoms. The lowest BCUT2D eigenvalue weighted by atomic mass is 9.95. The van der Waals surface area contributed by atoms with Gasteiger partial charge in [-0.2, -0.15) is 0 Å². The van der Waals surface area contributed by atoms with Gasteiger partial charge < -0.3 is 90.1 Å². The maximum atomic E-state index is 12.7. The predicted molar refractivity (Wildman–Crippen MR) is 382 cm³/mol. The van der Waals surface area contributed by atoms with Gasteiger partial charge in [-0.1, -0.05) is 74.6 Å². The van der Waals surface area contributed by atoms with E-state index in [-0.39, 0.29) is 62.1 Å². The van der Waals surface area contributed by atoms with Crippen molar-refractivity contribution in [3.63, 3.8) is 0 Å². The van der Waals surface area contributed by atoms with Crippen LogP contribution in [0.15, 0.2) is 91.0 Å². The number of carbonyl (C=O) groups is 2. The highest BCUT2D eigenvalue weighted by Crippen LogP contribution is 2.55. The van der Waals surface area contributed by atoms with E-state index in [0.29, 0.717) is 126 Å². The van der Waals surface area contributed by atoms with Crippen molar-refractivity contribution in [1.29, 1.82) is 0 Å². The minimum atomic E-state index is -2.15. The summed E-state index contributed by atoms with van der Waals surface area (Å²) in [6, 6.07) is 21.7. The maximum absolute atomic E-state index is 12.7. The van der Waals surface area contributed by atoms with Crippen LogP contribution in [0.1, 0.15) is 89.8 Å².